The molecule has 3 aromatic rings. The lowest BCUT2D eigenvalue weighted by Gasteiger charge is -2.30. The van der Waals surface area contributed by atoms with Crippen LogP contribution < -0.4 is 10.6 Å². The first-order valence-electron chi connectivity index (χ1n) is 9.99. The van der Waals surface area contributed by atoms with Gasteiger partial charge in [-0.05, 0) is 62.1 Å². The number of carbonyl (C=O) groups excluding carboxylic acids is 1. The predicted octanol–water partition coefficient (Wildman–Crippen LogP) is 5.41. The monoisotopic (exact) mass is 413 g/mol. The molecule has 2 aromatic carbocycles. The number of nitrogens with one attached hydrogen (secondary N) is 2. The number of benzene rings is 2. The van der Waals surface area contributed by atoms with Crippen LogP contribution in [0.3, 0.4) is 0 Å². The summed E-state index contributed by atoms with van der Waals surface area (Å²) in [5, 5.41) is 7.41. The second-order valence-electron chi connectivity index (χ2n) is 7.63. The molecule has 1 amide bonds. The van der Waals surface area contributed by atoms with Gasteiger partial charge in [0.25, 0.3) is 5.91 Å². The molecule has 1 aromatic heterocycles. The van der Waals surface area contributed by atoms with Gasteiger partial charge >= 0.3 is 6.18 Å². The van der Waals surface area contributed by atoms with E-state index in [2.05, 4.69) is 15.6 Å². The van der Waals surface area contributed by atoms with Crippen molar-refractivity contribution in [1.29, 1.82) is 0 Å². The van der Waals surface area contributed by atoms with E-state index in [0.29, 0.717) is 0 Å². The maximum absolute atomic E-state index is 12.9. The standard InChI is InChI=1S/C23H22F3N3O/c24-23(25,26)17-6-3-5-16(14-17)22(30)28-19-11-9-18(10-12-19)27-21-13-8-15-4-1-2-7-20(15)29-21/h1-8,13-14,18-19H,9-12H2,(H,27,29)(H,28,30). The summed E-state index contributed by atoms with van der Waals surface area (Å²) in [4.78, 5) is 17.0. The fraction of sp³-hybridized carbons (Fsp3) is 0.304. The number of fused-ring (bicyclic) bond motifs is 1. The van der Waals surface area contributed by atoms with Crippen molar-refractivity contribution in [1.82, 2.24) is 10.3 Å². The topological polar surface area (TPSA) is 54.0 Å². The van der Waals surface area contributed by atoms with E-state index in [1.165, 1.54) is 12.1 Å². The molecule has 1 aliphatic rings. The molecule has 0 radical (unpaired) electrons. The normalized spacial score (nSPS) is 19.4. The number of amides is 1. The fourth-order valence-corrected chi connectivity index (χ4v) is 3.84. The van der Waals surface area contributed by atoms with Gasteiger partial charge in [-0.25, -0.2) is 4.98 Å². The van der Waals surface area contributed by atoms with Crippen LogP contribution in [0.25, 0.3) is 10.9 Å². The van der Waals surface area contributed by atoms with Crippen molar-refractivity contribution < 1.29 is 18.0 Å². The minimum Gasteiger partial charge on any atom is -0.367 e. The highest BCUT2D eigenvalue weighted by Gasteiger charge is 2.31. The molecule has 2 N–H and O–H groups in total. The van der Waals surface area contributed by atoms with E-state index >= 15 is 0 Å². The largest absolute Gasteiger partial charge is 0.416 e. The first-order chi connectivity index (χ1) is 14.4. The zero-order valence-electron chi connectivity index (χ0n) is 16.2. The minimum absolute atomic E-state index is 0.0328. The number of pyridine rings is 1. The summed E-state index contributed by atoms with van der Waals surface area (Å²) in [6.07, 6.45) is -1.24. The molecule has 30 heavy (non-hydrogen) atoms. The third kappa shape index (κ3) is 4.72. The SMILES string of the molecule is O=C(NC1CCC(Nc2ccc3ccccc3n2)CC1)c1cccc(C(F)(F)F)c1. The molecular weight excluding hydrogens is 391 g/mol. The maximum atomic E-state index is 12.9. The van der Waals surface area contributed by atoms with Crippen molar-refractivity contribution >= 4 is 22.6 Å². The van der Waals surface area contributed by atoms with Crippen molar-refractivity contribution in [2.75, 3.05) is 5.32 Å². The molecule has 0 aliphatic heterocycles. The van der Waals surface area contributed by atoms with Crippen LogP contribution in [0.1, 0.15) is 41.6 Å². The summed E-state index contributed by atoms with van der Waals surface area (Å²) >= 11 is 0. The van der Waals surface area contributed by atoms with Gasteiger partial charge in [0, 0.05) is 23.0 Å². The fourth-order valence-electron chi connectivity index (χ4n) is 3.84. The van der Waals surface area contributed by atoms with Crippen molar-refractivity contribution in [2.45, 2.75) is 43.9 Å². The van der Waals surface area contributed by atoms with E-state index in [-0.39, 0.29) is 17.6 Å². The van der Waals surface area contributed by atoms with Gasteiger partial charge in [-0.15, -0.1) is 0 Å². The molecule has 0 atom stereocenters. The Kier molecular flexibility index (Phi) is 5.61. The highest BCUT2D eigenvalue weighted by molar-refractivity contribution is 5.94. The number of halogens is 3. The van der Waals surface area contributed by atoms with Crippen LogP contribution in [0.4, 0.5) is 19.0 Å². The number of hydrogen-bond acceptors (Lipinski definition) is 3. The quantitative estimate of drug-likeness (QED) is 0.602. The van der Waals surface area contributed by atoms with Gasteiger partial charge in [0.2, 0.25) is 0 Å². The average Bonchev–Trinajstić information content (AvgIpc) is 2.74. The van der Waals surface area contributed by atoms with Crippen LogP contribution in [0.15, 0.2) is 60.7 Å². The van der Waals surface area contributed by atoms with Crippen molar-refractivity contribution in [3.8, 4) is 0 Å². The number of para-hydroxylation sites is 1. The molecule has 7 heteroatoms. The van der Waals surface area contributed by atoms with Gasteiger partial charge < -0.3 is 10.6 Å². The summed E-state index contributed by atoms with van der Waals surface area (Å²) < 4.78 is 38.6. The second kappa shape index (κ2) is 8.34. The van der Waals surface area contributed by atoms with Gasteiger partial charge in [0.1, 0.15) is 5.82 Å². The molecule has 4 nitrogen and oxygen atoms in total. The lowest BCUT2D eigenvalue weighted by Crippen LogP contribution is -2.40. The summed E-state index contributed by atoms with van der Waals surface area (Å²) in [7, 11) is 0. The van der Waals surface area contributed by atoms with E-state index in [0.717, 1.165) is 54.5 Å². The van der Waals surface area contributed by atoms with E-state index in [4.69, 9.17) is 0 Å². The number of anilines is 1. The molecule has 4 rings (SSSR count). The maximum Gasteiger partial charge on any atom is 0.416 e. The Morgan fingerprint density at radius 1 is 0.900 bits per heavy atom. The zero-order valence-corrected chi connectivity index (χ0v) is 16.2. The highest BCUT2D eigenvalue weighted by atomic mass is 19.4. The zero-order chi connectivity index (χ0) is 21.1. The molecule has 1 fully saturated rings. The van der Waals surface area contributed by atoms with Crippen LogP contribution >= 0.6 is 0 Å². The van der Waals surface area contributed by atoms with Crippen LogP contribution in [-0.2, 0) is 6.18 Å². The lowest BCUT2D eigenvalue weighted by molar-refractivity contribution is -0.137. The Bertz CT molecular complexity index is 1040. The van der Waals surface area contributed by atoms with E-state index in [1.807, 2.05) is 36.4 Å². The summed E-state index contributed by atoms with van der Waals surface area (Å²) in [6, 6.07) is 16.7. The van der Waals surface area contributed by atoms with Gasteiger partial charge in [0.05, 0.1) is 11.1 Å². The lowest BCUT2D eigenvalue weighted by atomic mass is 9.91. The van der Waals surface area contributed by atoms with E-state index in [1.54, 1.807) is 0 Å². The molecule has 1 saturated carbocycles. The Labute approximate surface area is 172 Å². The first kappa shape index (κ1) is 20.2. The molecule has 156 valence electrons. The number of hydrogen-bond donors (Lipinski definition) is 2. The molecule has 1 heterocycles. The average molecular weight is 413 g/mol. The number of aromatic nitrogens is 1. The van der Waals surface area contributed by atoms with E-state index in [9.17, 15) is 18.0 Å². The van der Waals surface area contributed by atoms with Crippen LogP contribution in [0.2, 0.25) is 0 Å². The van der Waals surface area contributed by atoms with Crippen LogP contribution in [-0.4, -0.2) is 23.0 Å². The smallest absolute Gasteiger partial charge is 0.367 e. The van der Waals surface area contributed by atoms with Crippen LogP contribution in [0.5, 0.6) is 0 Å². The first-order valence-corrected chi connectivity index (χ1v) is 9.99. The Hall–Kier alpha value is -3.09. The van der Waals surface area contributed by atoms with Gasteiger partial charge in [0.15, 0.2) is 0 Å². The Balaban J connectivity index is 1.31. The van der Waals surface area contributed by atoms with Crippen molar-refractivity contribution in [3.63, 3.8) is 0 Å². The summed E-state index contributed by atoms with van der Waals surface area (Å²) in [5.41, 5.74) is 0.154. The van der Waals surface area contributed by atoms with Crippen molar-refractivity contribution in [2.24, 2.45) is 0 Å². The number of rotatable bonds is 4. The molecule has 0 spiro atoms. The Morgan fingerprint density at radius 2 is 1.63 bits per heavy atom. The third-order valence-corrected chi connectivity index (χ3v) is 5.46. The third-order valence-electron chi connectivity index (χ3n) is 5.46. The molecule has 0 unspecified atom stereocenters. The van der Waals surface area contributed by atoms with Gasteiger partial charge in [-0.2, -0.15) is 13.2 Å². The summed E-state index contributed by atoms with van der Waals surface area (Å²) in [6.45, 7) is 0. The number of alkyl halides is 3. The van der Waals surface area contributed by atoms with Gasteiger partial charge in [-0.3, -0.25) is 4.79 Å². The number of carbonyl (C=O) groups is 1. The summed E-state index contributed by atoms with van der Waals surface area (Å²) in [5.74, 6) is 0.360. The Morgan fingerprint density at radius 3 is 2.40 bits per heavy atom. The highest BCUT2D eigenvalue weighted by Crippen LogP contribution is 2.30. The number of nitrogens with zero attached hydrogens (tertiary/aromatic N) is 1. The molecule has 1 aliphatic carbocycles. The predicted molar refractivity (Wildman–Crippen MR) is 110 cm³/mol. The minimum atomic E-state index is -4.46. The van der Waals surface area contributed by atoms with Crippen molar-refractivity contribution in [3.05, 3.63) is 71.8 Å². The van der Waals surface area contributed by atoms with E-state index < -0.39 is 17.6 Å². The van der Waals surface area contributed by atoms with Gasteiger partial charge in [-0.1, -0.05) is 24.3 Å². The molecule has 0 bridgehead atoms. The second-order valence-corrected chi connectivity index (χ2v) is 7.63. The van der Waals surface area contributed by atoms with Crippen LogP contribution in [0, 0.1) is 0 Å². The molecular formula is C23H22F3N3O. The molecule has 0 saturated heterocycles.